The average molecular weight is 319 g/mol. The van der Waals surface area contributed by atoms with Crippen molar-refractivity contribution in [3.05, 3.63) is 0 Å². The molecule has 4 atom stereocenters. The highest BCUT2D eigenvalue weighted by Gasteiger charge is 2.73. The van der Waals surface area contributed by atoms with Gasteiger partial charge in [0.25, 0.3) is 0 Å². The number of carboxylic acid groups (broad SMARTS) is 1. The molecule has 0 unspecified atom stereocenters. The molecule has 120 valence electrons. The number of hydrogen-bond acceptors (Lipinski definition) is 5. The summed E-state index contributed by atoms with van der Waals surface area (Å²) in [4.78, 5) is 24.6. The van der Waals surface area contributed by atoms with Gasteiger partial charge in [-0.1, -0.05) is 20.8 Å². The Kier molecular flexibility index (Phi) is 3.24. The zero-order valence-corrected chi connectivity index (χ0v) is 13.5. The first-order valence-corrected chi connectivity index (χ1v) is 8.27. The van der Waals surface area contributed by atoms with Crippen molar-refractivity contribution >= 4 is 21.7 Å². The van der Waals surface area contributed by atoms with E-state index in [0.717, 1.165) is 4.90 Å². The van der Waals surface area contributed by atoms with Crippen LogP contribution in [0, 0.1) is 11.3 Å². The SMILES string of the molecule is CC(C)(C)[C@@H](O)[C@@H]1C(=O)N2[C@@H](C(=O)O)C(C)(C)S(=O)(=O)[C@H]12. The van der Waals surface area contributed by atoms with Crippen molar-refractivity contribution in [1.82, 2.24) is 4.90 Å². The molecule has 21 heavy (non-hydrogen) atoms. The quantitative estimate of drug-likeness (QED) is 0.684. The van der Waals surface area contributed by atoms with Crippen LogP contribution in [-0.2, 0) is 19.4 Å². The minimum absolute atomic E-state index is 0.607. The van der Waals surface area contributed by atoms with E-state index < -0.39 is 55.3 Å². The number of carbonyl (C=O) groups excluding carboxylic acids is 1. The maximum Gasteiger partial charge on any atom is 0.328 e. The summed E-state index contributed by atoms with van der Waals surface area (Å²) in [5.74, 6) is -3.05. The van der Waals surface area contributed by atoms with Crippen LogP contribution >= 0.6 is 0 Å². The molecule has 0 aromatic carbocycles. The van der Waals surface area contributed by atoms with Gasteiger partial charge in [-0.05, 0) is 19.3 Å². The largest absolute Gasteiger partial charge is 0.480 e. The molecule has 0 aromatic rings. The van der Waals surface area contributed by atoms with Gasteiger partial charge in [0.15, 0.2) is 9.84 Å². The van der Waals surface area contributed by atoms with Crippen molar-refractivity contribution in [3.63, 3.8) is 0 Å². The Bertz CT molecular complexity index is 603. The van der Waals surface area contributed by atoms with E-state index in [4.69, 9.17) is 0 Å². The second kappa shape index (κ2) is 4.19. The maximum absolute atomic E-state index is 12.6. The number of aliphatic carboxylic acids is 1. The molecule has 2 saturated heterocycles. The van der Waals surface area contributed by atoms with Crippen LogP contribution in [0.2, 0.25) is 0 Å². The number of nitrogens with zero attached hydrogens (tertiary/aromatic N) is 1. The van der Waals surface area contributed by atoms with Gasteiger partial charge in [-0.3, -0.25) is 4.79 Å². The van der Waals surface area contributed by atoms with E-state index in [2.05, 4.69) is 0 Å². The van der Waals surface area contributed by atoms with Gasteiger partial charge in [0.1, 0.15) is 11.4 Å². The lowest BCUT2D eigenvalue weighted by Gasteiger charge is -2.47. The molecule has 1 amide bonds. The lowest BCUT2D eigenvalue weighted by atomic mass is 9.76. The fourth-order valence-corrected chi connectivity index (χ4v) is 5.50. The van der Waals surface area contributed by atoms with E-state index in [0.29, 0.717) is 0 Å². The second-order valence-electron chi connectivity index (χ2n) is 7.36. The fourth-order valence-electron chi connectivity index (χ4n) is 3.17. The zero-order chi connectivity index (χ0) is 16.5. The minimum Gasteiger partial charge on any atom is -0.480 e. The van der Waals surface area contributed by atoms with Crippen LogP contribution in [0.4, 0.5) is 0 Å². The van der Waals surface area contributed by atoms with Crippen LogP contribution in [0.1, 0.15) is 34.6 Å². The molecule has 2 N–H and O–H groups in total. The molecule has 2 aliphatic rings. The standard InChI is InChI=1S/C13H21NO6S/c1-12(2,3)8(15)6-9(16)14-7(11(17)18)13(4,5)21(19,20)10(6)14/h6-8,10,15H,1-5H3,(H,17,18)/t6-,7+,8+,10-/m1/s1. The second-order valence-corrected chi connectivity index (χ2v) is 9.99. The third kappa shape index (κ3) is 1.85. The smallest absolute Gasteiger partial charge is 0.328 e. The van der Waals surface area contributed by atoms with Gasteiger partial charge < -0.3 is 15.1 Å². The highest BCUT2D eigenvalue weighted by atomic mass is 32.2. The van der Waals surface area contributed by atoms with Crippen molar-refractivity contribution < 1.29 is 28.2 Å². The zero-order valence-electron chi connectivity index (χ0n) is 12.7. The third-order valence-electron chi connectivity index (χ3n) is 4.57. The molecule has 0 aliphatic carbocycles. The van der Waals surface area contributed by atoms with Crippen molar-refractivity contribution in [2.75, 3.05) is 0 Å². The molecule has 0 saturated carbocycles. The molecule has 0 spiro atoms. The average Bonchev–Trinajstić information content (AvgIpc) is 2.42. The Morgan fingerprint density at radius 2 is 1.81 bits per heavy atom. The van der Waals surface area contributed by atoms with E-state index >= 15 is 0 Å². The Morgan fingerprint density at radius 1 is 1.33 bits per heavy atom. The first kappa shape index (κ1) is 16.2. The van der Waals surface area contributed by atoms with Crippen LogP contribution < -0.4 is 0 Å². The number of β-lactam (4-membered cyclic amide) rings is 1. The van der Waals surface area contributed by atoms with Crippen molar-refractivity contribution in [2.45, 2.75) is 56.9 Å². The lowest BCUT2D eigenvalue weighted by Crippen LogP contribution is -2.68. The van der Waals surface area contributed by atoms with Gasteiger partial charge in [0, 0.05) is 0 Å². The van der Waals surface area contributed by atoms with Gasteiger partial charge in [-0.25, -0.2) is 13.2 Å². The summed E-state index contributed by atoms with van der Waals surface area (Å²) in [5.41, 5.74) is -0.673. The normalized spacial score (nSPS) is 35.0. The van der Waals surface area contributed by atoms with E-state index in [1.54, 1.807) is 20.8 Å². The molecule has 0 aromatic heterocycles. The Balaban J connectivity index is 2.51. The van der Waals surface area contributed by atoms with Gasteiger partial charge >= 0.3 is 5.97 Å². The number of carboxylic acids is 1. The van der Waals surface area contributed by atoms with Crippen LogP contribution in [0.25, 0.3) is 0 Å². The monoisotopic (exact) mass is 319 g/mol. The van der Waals surface area contributed by atoms with Crippen LogP contribution in [0.3, 0.4) is 0 Å². The van der Waals surface area contributed by atoms with Gasteiger partial charge in [0.2, 0.25) is 5.91 Å². The van der Waals surface area contributed by atoms with Crippen molar-refractivity contribution in [2.24, 2.45) is 11.3 Å². The first-order chi connectivity index (χ1) is 9.26. The van der Waals surface area contributed by atoms with Crippen molar-refractivity contribution in [3.8, 4) is 0 Å². The summed E-state index contributed by atoms with van der Waals surface area (Å²) in [7, 11) is -3.88. The van der Waals surface area contributed by atoms with Crippen LogP contribution in [0.15, 0.2) is 0 Å². The molecular weight excluding hydrogens is 298 g/mol. The number of hydrogen-bond donors (Lipinski definition) is 2. The molecule has 2 heterocycles. The summed E-state index contributed by atoms with van der Waals surface area (Å²) in [6, 6.07) is -1.41. The fraction of sp³-hybridized carbons (Fsp3) is 0.846. The summed E-state index contributed by atoms with van der Waals surface area (Å²) in [6.45, 7) is 7.74. The third-order valence-corrected chi connectivity index (χ3v) is 7.42. The van der Waals surface area contributed by atoms with Crippen LogP contribution in [-0.4, -0.2) is 57.7 Å². The minimum atomic E-state index is -3.88. The number of aliphatic hydroxyl groups excluding tert-OH is 1. The number of carbonyl (C=O) groups is 2. The lowest BCUT2D eigenvalue weighted by molar-refractivity contribution is -0.173. The maximum atomic E-state index is 12.6. The van der Waals surface area contributed by atoms with Crippen LogP contribution in [0.5, 0.6) is 0 Å². The van der Waals surface area contributed by atoms with E-state index in [9.17, 15) is 28.2 Å². The van der Waals surface area contributed by atoms with E-state index in [1.165, 1.54) is 13.8 Å². The predicted molar refractivity (Wildman–Crippen MR) is 74.0 cm³/mol. The highest BCUT2D eigenvalue weighted by molar-refractivity contribution is 7.93. The predicted octanol–water partition coefficient (Wildman–Crippen LogP) is -0.162. The molecule has 2 aliphatic heterocycles. The topological polar surface area (TPSA) is 112 Å². The molecule has 8 heteroatoms. The molecule has 0 bridgehead atoms. The molecule has 2 fully saturated rings. The molecule has 7 nitrogen and oxygen atoms in total. The number of fused-ring (bicyclic) bond motifs is 1. The summed E-state index contributed by atoms with van der Waals surface area (Å²) in [6.07, 6.45) is -1.15. The Morgan fingerprint density at radius 3 is 2.19 bits per heavy atom. The van der Waals surface area contributed by atoms with Gasteiger partial charge in [0.05, 0.1) is 16.8 Å². The Labute approximate surface area is 123 Å². The van der Waals surface area contributed by atoms with E-state index in [-0.39, 0.29) is 0 Å². The summed E-state index contributed by atoms with van der Waals surface area (Å²) >= 11 is 0. The first-order valence-electron chi connectivity index (χ1n) is 6.72. The summed E-state index contributed by atoms with van der Waals surface area (Å²) < 4.78 is 23.6. The van der Waals surface area contributed by atoms with Crippen molar-refractivity contribution in [1.29, 1.82) is 0 Å². The molecule has 0 radical (unpaired) electrons. The number of amides is 1. The molecule has 2 rings (SSSR count). The molecular formula is C13H21NO6S. The number of sulfone groups is 1. The van der Waals surface area contributed by atoms with E-state index in [1.807, 2.05) is 0 Å². The van der Waals surface area contributed by atoms with Gasteiger partial charge in [-0.15, -0.1) is 0 Å². The summed E-state index contributed by atoms with van der Waals surface area (Å²) in [5, 5.41) is 18.3. The number of aliphatic hydroxyl groups is 1. The Hall–Kier alpha value is -1.15. The van der Waals surface area contributed by atoms with Gasteiger partial charge in [-0.2, -0.15) is 0 Å². The number of rotatable bonds is 2. The highest BCUT2D eigenvalue weighted by Crippen LogP contribution is 2.51.